The van der Waals surface area contributed by atoms with E-state index < -0.39 is 0 Å². The minimum atomic E-state index is -0.372. The first-order valence-corrected chi connectivity index (χ1v) is 4.95. The fourth-order valence-corrected chi connectivity index (χ4v) is 1.32. The van der Waals surface area contributed by atoms with Gasteiger partial charge in [-0.15, -0.1) is 12.4 Å². The largest absolute Gasteiger partial charge is 0.310 e. The van der Waals surface area contributed by atoms with Crippen LogP contribution in [0.25, 0.3) is 0 Å². The van der Waals surface area contributed by atoms with Crippen LogP contribution in [0, 0.1) is 0 Å². The molecule has 0 fully saturated rings. The number of carbonyl (C=O) groups excluding carboxylic acids is 1. The lowest BCUT2D eigenvalue weighted by Gasteiger charge is -2.13. The van der Waals surface area contributed by atoms with Crippen LogP contribution >= 0.6 is 12.4 Å². The van der Waals surface area contributed by atoms with Crippen LogP contribution in [0.2, 0.25) is 0 Å². The van der Waals surface area contributed by atoms with Gasteiger partial charge in [-0.1, -0.05) is 30.3 Å². The number of rotatable bonds is 5. The molecular formula is C11H17ClN2O2. The topological polar surface area (TPSA) is 61.4 Å². The lowest BCUT2D eigenvalue weighted by Crippen LogP contribution is -2.26. The monoisotopic (exact) mass is 244 g/mol. The summed E-state index contributed by atoms with van der Waals surface area (Å²) in [5, 5.41) is 11.5. The molecule has 1 aromatic carbocycles. The standard InChI is InChI=1S/C11H16N2O2.ClH/c1-9(10-5-3-2-4-6-10)12-8-7-11(14)13-15;/h2-6,9,12,15H,7-8H2,1H3,(H,13,14);1H/t9-;/m0./s1. The van der Waals surface area contributed by atoms with Crippen LogP contribution in [0.5, 0.6) is 0 Å². The van der Waals surface area contributed by atoms with Crippen molar-refractivity contribution in [3.8, 4) is 0 Å². The van der Waals surface area contributed by atoms with E-state index in [1.807, 2.05) is 37.3 Å². The third-order valence-corrected chi connectivity index (χ3v) is 2.23. The Morgan fingerprint density at radius 1 is 1.38 bits per heavy atom. The fraction of sp³-hybridized carbons (Fsp3) is 0.364. The van der Waals surface area contributed by atoms with Crippen molar-refractivity contribution < 1.29 is 10.0 Å². The Morgan fingerprint density at radius 3 is 2.56 bits per heavy atom. The third kappa shape index (κ3) is 5.11. The highest BCUT2D eigenvalue weighted by Crippen LogP contribution is 2.10. The average Bonchev–Trinajstić information content (AvgIpc) is 2.29. The molecule has 0 bridgehead atoms. The summed E-state index contributed by atoms with van der Waals surface area (Å²) in [6.45, 7) is 2.58. The average molecular weight is 245 g/mol. The van der Waals surface area contributed by atoms with Gasteiger partial charge in [-0.25, -0.2) is 5.48 Å². The molecule has 5 heteroatoms. The summed E-state index contributed by atoms with van der Waals surface area (Å²) < 4.78 is 0. The molecule has 0 aliphatic heterocycles. The van der Waals surface area contributed by atoms with E-state index in [2.05, 4.69) is 5.32 Å². The molecule has 0 heterocycles. The van der Waals surface area contributed by atoms with Gasteiger partial charge in [-0.05, 0) is 12.5 Å². The van der Waals surface area contributed by atoms with E-state index in [1.54, 1.807) is 5.48 Å². The lowest BCUT2D eigenvalue weighted by molar-refractivity contribution is -0.129. The number of carbonyl (C=O) groups is 1. The van der Waals surface area contributed by atoms with Gasteiger partial charge in [0.15, 0.2) is 0 Å². The fourth-order valence-electron chi connectivity index (χ4n) is 1.32. The van der Waals surface area contributed by atoms with Gasteiger partial charge in [0.25, 0.3) is 0 Å². The van der Waals surface area contributed by atoms with Crippen LogP contribution < -0.4 is 10.8 Å². The maximum absolute atomic E-state index is 10.7. The molecule has 0 aromatic heterocycles. The Hall–Kier alpha value is -1.10. The number of nitrogens with one attached hydrogen (secondary N) is 2. The van der Waals surface area contributed by atoms with Gasteiger partial charge in [0.05, 0.1) is 0 Å². The molecular weight excluding hydrogens is 228 g/mol. The SMILES string of the molecule is C[C@H](NCCC(=O)NO)c1ccccc1.Cl. The zero-order valence-corrected chi connectivity index (χ0v) is 9.96. The first kappa shape index (κ1) is 14.9. The molecule has 0 unspecified atom stereocenters. The summed E-state index contributed by atoms with van der Waals surface area (Å²) in [6, 6.07) is 10.2. The Balaban J connectivity index is 0.00000225. The van der Waals surface area contributed by atoms with Gasteiger partial charge in [0.2, 0.25) is 5.91 Å². The Bertz CT molecular complexity index is 306. The summed E-state index contributed by atoms with van der Waals surface area (Å²) in [5.74, 6) is -0.372. The van der Waals surface area contributed by atoms with Gasteiger partial charge in [0, 0.05) is 19.0 Å². The molecule has 0 aliphatic rings. The maximum atomic E-state index is 10.7. The highest BCUT2D eigenvalue weighted by molar-refractivity contribution is 5.85. The Morgan fingerprint density at radius 2 is 2.00 bits per heavy atom. The summed E-state index contributed by atoms with van der Waals surface area (Å²) in [7, 11) is 0. The minimum Gasteiger partial charge on any atom is -0.310 e. The van der Waals surface area contributed by atoms with E-state index >= 15 is 0 Å². The molecule has 0 radical (unpaired) electrons. The van der Waals surface area contributed by atoms with Gasteiger partial charge in [0.1, 0.15) is 0 Å². The third-order valence-electron chi connectivity index (χ3n) is 2.23. The summed E-state index contributed by atoms with van der Waals surface area (Å²) in [6.07, 6.45) is 0.272. The number of hydrogen-bond acceptors (Lipinski definition) is 3. The van der Waals surface area contributed by atoms with Gasteiger partial charge >= 0.3 is 0 Å². The van der Waals surface area contributed by atoms with Crippen molar-refractivity contribution in [2.45, 2.75) is 19.4 Å². The van der Waals surface area contributed by atoms with Crippen molar-refractivity contribution in [2.24, 2.45) is 0 Å². The zero-order valence-electron chi connectivity index (χ0n) is 9.14. The van der Waals surface area contributed by atoms with E-state index in [1.165, 1.54) is 5.56 Å². The van der Waals surface area contributed by atoms with Crippen molar-refractivity contribution in [3.63, 3.8) is 0 Å². The van der Waals surface area contributed by atoms with Crippen LogP contribution in [0.15, 0.2) is 30.3 Å². The minimum absolute atomic E-state index is 0. The molecule has 0 saturated heterocycles. The van der Waals surface area contributed by atoms with Crippen LogP contribution in [0.3, 0.4) is 0 Å². The van der Waals surface area contributed by atoms with E-state index in [0.29, 0.717) is 6.54 Å². The molecule has 0 aliphatic carbocycles. The van der Waals surface area contributed by atoms with E-state index in [9.17, 15) is 4.79 Å². The van der Waals surface area contributed by atoms with Crippen LogP contribution in [-0.2, 0) is 4.79 Å². The van der Waals surface area contributed by atoms with Crippen LogP contribution in [0.1, 0.15) is 24.9 Å². The van der Waals surface area contributed by atoms with Crippen molar-refractivity contribution >= 4 is 18.3 Å². The van der Waals surface area contributed by atoms with Crippen LogP contribution in [-0.4, -0.2) is 17.7 Å². The molecule has 0 saturated carbocycles. The van der Waals surface area contributed by atoms with Crippen molar-refractivity contribution in [2.75, 3.05) is 6.54 Å². The van der Waals surface area contributed by atoms with Crippen molar-refractivity contribution in [1.29, 1.82) is 0 Å². The first-order chi connectivity index (χ1) is 7.24. The van der Waals surface area contributed by atoms with Gasteiger partial charge in [-0.2, -0.15) is 0 Å². The normalized spacial score (nSPS) is 11.4. The van der Waals surface area contributed by atoms with Crippen molar-refractivity contribution in [1.82, 2.24) is 10.8 Å². The van der Waals surface area contributed by atoms with E-state index in [-0.39, 0.29) is 30.8 Å². The summed E-state index contributed by atoms with van der Waals surface area (Å²) in [4.78, 5) is 10.7. The quantitative estimate of drug-likeness (QED) is 0.545. The molecule has 3 N–H and O–H groups in total. The summed E-state index contributed by atoms with van der Waals surface area (Å²) in [5.41, 5.74) is 2.78. The highest BCUT2D eigenvalue weighted by atomic mass is 35.5. The number of benzene rings is 1. The zero-order chi connectivity index (χ0) is 11.1. The van der Waals surface area contributed by atoms with Crippen molar-refractivity contribution in [3.05, 3.63) is 35.9 Å². The van der Waals surface area contributed by atoms with E-state index in [0.717, 1.165) is 0 Å². The van der Waals surface area contributed by atoms with Gasteiger partial charge < -0.3 is 5.32 Å². The number of amides is 1. The second-order valence-corrected chi connectivity index (χ2v) is 3.37. The number of hydrogen-bond donors (Lipinski definition) is 3. The number of halogens is 1. The Labute approximate surface area is 101 Å². The highest BCUT2D eigenvalue weighted by Gasteiger charge is 2.04. The predicted octanol–water partition coefficient (Wildman–Crippen LogP) is 1.65. The molecule has 1 amide bonds. The molecule has 4 nitrogen and oxygen atoms in total. The first-order valence-electron chi connectivity index (χ1n) is 4.95. The molecule has 0 spiro atoms. The molecule has 16 heavy (non-hydrogen) atoms. The summed E-state index contributed by atoms with van der Waals surface area (Å²) >= 11 is 0. The smallest absolute Gasteiger partial charge is 0.244 e. The second kappa shape index (κ2) is 8.10. The number of hydroxylamine groups is 1. The molecule has 90 valence electrons. The van der Waals surface area contributed by atoms with E-state index in [4.69, 9.17) is 5.21 Å². The lowest BCUT2D eigenvalue weighted by atomic mass is 10.1. The molecule has 1 rings (SSSR count). The molecule has 1 atom stereocenters. The van der Waals surface area contributed by atoms with Crippen LogP contribution in [0.4, 0.5) is 0 Å². The predicted molar refractivity (Wildman–Crippen MR) is 64.7 cm³/mol. The van der Waals surface area contributed by atoms with Gasteiger partial charge in [-0.3, -0.25) is 10.0 Å². The second-order valence-electron chi connectivity index (χ2n) is 3.37. The Kier molecular flexibility index (Phi) is 7.54. The maximum Gasteiger partial charge on any atom is 0.244 e. The molecule has 1 aromatic rings.